The molecular formula is C18H20N2O3. The Hall–Kier alpha value is -2.82. The third-order valence-electron chi connectivity index (χ3n) is 3.40. The molecule has 2 rings (SSSR count). The van der Waals surface area contributed by atoms with E-state index in [9.17, 15) is 9.59 Å². The zero-order valence-electron chi connectivity index (χ0n) is 13.7. The van der Waals surface area contributed by atoms with Gasteiger partial charge in [0, 0.05) is 18.2 Å². The van der Waals surface area contributed by atoms with Crippen molar-refractivity contribution in [1.29, 1.82) is 0 Å². The van der Waals surface area contributed by atoms with Gasteiger partial charge in [0.25, 0.3) is 5.91 Å². The van der Waals surface area contributed by atoms with Crippen LogP contribution in [0.4, 0.5) is 11.4 Å². The molecule has 0 fully saturated rings. The van der Waals surface area contributed by atoms with Crippen LogP contribution in [0.2, 0.25) is 0 Å². The topological polar surface area (TPSA) is 67.4 Å². The Labute approximate surface area is 135 Å². The number of methoxy groups -OCH3 is 1. The number of rotatable bonds is 4. The van der Waals surface area contributed by atoms with Crippen molar-refractivity contribution in [2.75, 3.05) is 17.7 Å². The second-order valence-corrected chi connectivity index (χ2v) is 5.37. The van der Waals surface area contributed by atoms with Crippen molar-refractivity contribution in [3.8, 4) is 5.75 Å². The second kappa shape index (κ2) is 6.96. The van der Waals surface area contributed by atoms with Crippen LogP contribution >= 0.6 is 0 Å². The first-order valence-electron chi connectivity index (χ1n) is 7.25. The first-order chi connectivity index (χ1) is 10.9. The highest BCUT2D eigenvalue weighted by atomic mass is 16.5. The molecule has 0 aliphatic rings. The molecule has 0 atom stereocenters. The summed E-state index contributed by atoms with van der Waals surface area (Å²) in [4.78, 5) is 23.7. The van der Waals surface area contributed by atoms with Gasteiger partial charge in [-0.05, 0) is 43.7 Å². The normalized spacial score (nSPS) is 10.1. The summed E-state index contributed by atoms with van der Waals surface area (Å²) in [5.74, 6) is 0.0321. The average Bonchev–Trinajstić information content (AvgIpc) is 2.49. The van der Waals surface area contributed by atoms with Crippen LogP contribution in [0.5, 0.6) is 5.75 Å². The molecule has 0 aliphatic heterocycles. The molecule has 0 unspecified atom stereocenters. The summed E-state index contributed by atoms with van der Waals surface area (Å²) in [6, 6.07) is 10.7. The van der Waals surface area contributed by atoms with Crippen molar-refractivity contribution in [1.82, 2.24) is 0 Å². The van der Waals surface area contributed by atoms with E-state index in [4.69, 9.17) is 4.74 Å². The largest absolute Gasteiger partial charge is 0.495 e. The van der Waals surface area contributed by atoms with Gasteiger partial charge >= 0.3 is 0 Å². The number of carbonyl (C=O) groups excluding carboxylic acids is 2. The molecule has 2 aromatic carbocycles. The lowest BCUT2D eigenvalue weighted by molar-refractivity contribution is -0.114. The molecule has 0 aromatic heterocycles. The lowest BCUT2D eigenvalue weighted by Crippen LogP contribution is -2.14. The molecule has 2 amide bonds. The van der Waals surface area contributed by atoms with Crippen LogP contribution in [0.25, 0.3) is 0 Å². The van der Waals surface area contributed by atoms with Crippen molar-refractivity contribution in [3.63, 3.8) is 0 Å². The van der Waals surface area contributed by atoms with E-state index >= 15 is 0 Å². The van der Waals surface area contributed by atoms with Crippen LogP contribution in [0.1, 0.15) is 28.4 Å². The summed E-state index contributed by atoms with van der Waals surface area (Å²) in [5, 5.41) is 5.54. The molecule has 2 aromatic rings. The minimum atomic E-state index is -0.244. The molecule has 0 spiro atoms. The molecule has 5 heteroatoms. The highest BCUT2D eigenvalue weighted by Gasteiger charge is 2.12. The van der Waals surface area contributed by atoms with E-state index in [2.05, 4.69) is 10.6 Å². The summed E-state index contributed by atoms with van der Waals surface area (Å²) in [6.45, 7) is 5.35. The SMILES string of the molecule is COc1ccc(C(=O)Nc2ccc(C)cc2C)cc1NC(C)=O. The Morgan fingerprint density at radius 3 is 2.30 bits per heavy atom. The summed E-state index contributed by atoms with van der Waals surface area (Å²) in [6.07, 6.45) is 0. The quantitative estimate of drug-likeness (QED) is 0.907. The van der Waals surface area contributed by atoms with Gasteiger partial charge < -0.3 is 15.4 Å². The number of ether oxygens (including phenoxy) is 1. The Bertz CT molecular complexity index is 754. The van der Waals surface area contributed by atoms with Gasteiger partial charge in [-0.15, -0.1) is 0 Å². The molecule has 0 saturated carbocycles. The van der Waals surface area contributed by atoms with Crippen LogP contribution in [0, 0.1) is 13.8 Å². The Kier molecular flexibility index (Phi) is 5.01. The molecule has 0 bridgehead atoms. The smallest absolute Gasteiger partial charge is 0.255 e. The molecule has 120 valence electrons. The summed E-state index contributed by atoms with van der Waals surface area (Å²) in [5.41, 5.74) is 3.80. The zero-order valence-corrected chi connectivity index (χ0v) is 13.7. The molecule has 2 N–H and O–H groups in total. The standard InChI is InChI=1S/C18H20N2O3/c1-11-5-7-15(12(2)9-11)20-18(22)14-6-8-17(23-4)16(10-14)19-13(3)21/h5-10H,1-4H3,(H,19,21)(H,20,22). The van der Waals surface area contributed by atoms with E-state index in [1.165, 1.54) is 14.0 Å². The lowest BCUT2D eigenvalue weighted by Gasteiger charge is -2.12. The number of hydrogen-bond acceptors (Lipinski definition) is 3. The van der Waals surface area contributed by atoms with Gasteiger partial charge in [-0.3, -0.25) is 9.59 Å². The molecule has 0 radical (unpaired) electrons. The molecular weight excluding hydrogens is 292 g/mol. The van der Waals surface area contributed by atoms with Gasteiger partial charge in [-0.2, -0.15) is 0 Å². The lowest BCUT2D eigenvalue weighted by atomic mass is 10.1. The number of nitrogens with one attached hydrogen (secondary N) is 2. The van der Waals surface area contributed by atoms with Crippen molar-refractivity contribution in [3.05, 3.63) is 53.1 Å². The number of aryl methyl sites for hydroxylation is 2. The minimum absolute atomic E-state index is 0.227. The van der Waals surface area contributed by atoms with Crippen LogP contribution in [0.3, 0.4) is 0 Å². The molecule has 0 heterocycles. The Balaban J connectivity index is 2.26. The van der Waals surface area contributed by atoms with Crippen LogP contribution in [-0.4, -0.2) is 18.9 Å². The van der Waals surface area contributed by atoms with Crippen LogP contribution in [0.15, 0.2) is 36.4 Å². The summed E-state index contributed by atoms with van der Waals surface area (Å²) >= 11 is 0. The van der Waals surface area contributed by atoms with E-state index in [1.807, 2.05) is 32.0 Å². The zero-order chi connectivity index (χ0) is 17.0. The molecule has 5 nitrogen and oxygen atoms in total. The molecule has 23 heavy (non-hydrogen) atoms. The first kappa shape index (κ1) is 16.5. The number of benzene rings is 2. The van der Waals surface area contributed by atoms with Gasteiger partial charge in [0.05, 0.1) is 12.8 Å². The highest BCUT2D eigenvalue weighted by molar-refractivity contribution is 6.06. The predicted octanol–water partition coefficient (Wildman–Crippen LogP) is 3.52. The van der Waals surface area contributed by atoms with Crippen molar-refractivity contribution < 1.29 is 14.3 Å². The number of carbonyl (C=O) groups is 2. The van der Waals surface area contributed by atoms with Crippen molar-refractivity contribution in [2.24, 2.45) is 0 Å². The molecule has 0 aliphatic carbocycles. The first-order valence-corrected chi connectivity index (χ1v) is 7.25. The number of amides is 2. The third kappa shape index (κ3) is 4.10. The van der Waals surface area contributed by atoms with E-state index < -0.39 is 0 Å². The van der Waals surface area contributed by atoms with Crippen molar-refractivity contribution in [2.45, 2.75) is 20.8 Å². The Morgan fingerprint density at radius 2 is 1.70 bits per heavy atom. The maximum absolute atomic E-state index is 12.4. The van der Waals surface area contributed by atoms with E-state index in [0.717, 1.165) is 16.8 Å². The third-order valence-corrected chi connectivity index (χ3v) is 3.40. The second-order valence-electron chi connectivity index (χ2n) is 5.37. The van der Waals surface area contributed by atoms with Crippen LogP contribution in [-0.2, 0) is 4.79 Å². The number of anilines is 2. The fourth-order valence-electron chi connectivity index (χ4n) is 2.28. The Morgan fingerprint density at radius 1 is 0.957 bits per heavy atom. The highest BCUT2D eigenvalue weighted by Crippen LogP contribution is 2.26. The van der Waals surface area contributed by atoms with Gasteiger partial charge in [0.2, 0.25) is 5.91 Å². The number of hydrogen-bond donors (Lipinski definition) is 2. The minimum Gasteiger partial charge on any atom is -0.495 e. The van der Waals surface area contributed by atoms with Gasteiger partial charge in [0.1, 0.15) is 5.75 Å². The summed E-state index contributed by atoms with van der Waals surface area (Å²) < 4.78 is 5.19. The monoisotopic (exact) mass is 312 g/mol. The predicted molar refractivity (Wildman–Crippen MR) is 91.2 cm³/mol. The maximum Gasteiger partial charge on any atom is 0.255 e. The maximum atomic E-state index is 12.4. The van der Waals surface area contributed by atoms with Gasteiger partial charge in [-0.1, -0.05) is 17.7 Å². The van der Waals surface area contributed by atoms with E-state index in [0.29, 0.717) is 17.0 Å². The summed E-state index contributed by atoms with van der Waals surface area (Å²) in [7, 11) is 1.51. The average molecular weight is 312 g/mol. The molecule has 0 saturated heterocycles. The fraction of sp³-hybridized carbons (Fsp3) is 0.222. The van der Waals surface area contributed by atoms with Gasteiger partial charge in [-0.25, -0.2) is 0 Å². The van der Waals surface area contributed by atoms with Crippen molar-refractivity contribution >= 4 is 23.2 Å². The van der Waals surface area contributed by atoms with E-state index in [1.54, 1.807) is 18.2 Å². The van der Waals surface area contributed by atoms with Crippen LogP contribution < -0.4 is 15.4 Å². The van der Waals surface area contributed by atoms with Gasteiger partial charge in [0.15, 0.2) is 0 Å². The fourth-order valence-corrected chi connectivity index (χ4v) is 2.28. The van der Waals surface area contributed by atoms with E-state index in [-0.39, 0.29) is 11.8 Å².